The third kappa shape index (κ3) is 4.60. The molecule has 2 aromatic heterocycles. The molecule has 2 atom stereocenters. The summed E-state index contributed by atoms with van der Waals surface area (Å²) in [6.07, 6.45) is 3.85. The number of ether oxygens (including phenoxy) is 2. The maximum absolute atomic E-state index is 11.7. The quantitative estimate of drug-likeness (QED) is 0.578. The molecule has 1 aromatic carbocycles. The number of piperazine rings is 1. The highest BCUT2D eigenvalue weighted by atomic mass is 16.5. The molecule has 1 N–H and O–H groups in total. The zero-order chi connectivity index (χ0) is 24.5. The van der Waals surface area contributed by atoms with Crippen molar-refractivity contribution in [3.8, 4) is 22.9 Å². The van der Waals surface area contributed by atoms with E-state index >= 15 is 0 Å². The topological polar surface area (TPSA) is 101 Å². The zero-order valence-corrected chi connectivity index (χ0v) is 20.2. The molecule has 2 aliphatic heterocycles. The SMILES string of the molecule is COc1cc(-c2cn3nccc3c(O[C@H](C)C3CNC(=O)C3)n2)ccc1N1CCN(C(C)=O)CC1. The minimum atomic E-state index is -0.180. The number of carbonyl (C=O) groups is 2. The number of aromatic nitrogens is 3. The second-order valence-electron chi connectivity index (χ2n) is 9.06. The Morgan fingerprint density at radius 3 is 2.69 bits per heavy atom. The van der Waals surface area contributed by atoms with Crippen LogP contribution in [-0.4, -0.2) is 77.2 Å². The van der Waals surface area contributed by atoms with Gasteiger partial charge < -0.3 is 24.6 Å². The summed E-state index contributed by atoms with van der Waals surface area (Å²) in [4.78, 5) is 32.2. The summed E-state index contributed by atoms with van der Waals surface area (Å²) >= 11 is 0. The Bertz CT molecular complexity index is 1250. The molecule has 184 valence electrons. The molecule has 0 saturated carbocycles. The van der Waals surface area contributed by atoms with Crippen LogP contribution < -0.4 is 19.7 Å². The molecule has 2 fully saturated rings. The molecule has 1 unspecified atom stereocenters. The maximum Gasteiger partial charge on any atom is 0.240 e. The molecule has 0 spiro atoms. The smallest absolute Gasteiger partial charge is 0.240 e. The molecule has 35 heavy (non-hydrogen) atoms. The van der Waals surface area contributed by atoms with Crippen molar-refractivity contribution in [2.75, 3.05) is 44.7 Å². The number of hydrogen-bond acceptors (Lipinski definition) is 7. The normalized spacial score (nSPS) is 19.1. The van der Waals surface area contributed by atoms with Gasteiger partial charge in [-0.2, -0.15) is 5.10 Å². The van der Waals surface area contributed by atoms with E-state index in [1.54, 1.807) is 24.7 Å². The number of benzene rings is 1. The second-order valence-corrected chi connectivity index (χ2v) is 9.06. The van der Waals surface area contributed by atoms with Gasteiger partial charge in [0.1, 0.15) is 17.4 Å². The van der Waals surface area contributed by atoms with Gasteiger partial charge in [-0.05, 0) is 25.1 Å². The van der Waals surface area contributed by atoms with Gasteiger partial charge in [0.15, 0.2) is 0 Å². The van der Waals surface area contributed by atoms with Gasteiger partial charge >= 0.3 is 0 Å². The molecule has 5 rings (SSSR count). The molecular weight excluding hydrogens is 448 g/mol. The Hall–Kier alpha value is -3.82. The Balaban J connectivity index is 1.42. The highest BCUT2D eigenvalue weighted by Crippen LogP contribution is 2.34. The summed E-state index contributed by atoms with van der Waals surface area (Å²) in [6, 6.07) is 7.88. The van der Waals surface area contributed by atoms with Gasteiger partial charge in [-0.15, -0.1) is 0 Å². The predicted molar refractivity (Wildman–Crippen MR) is 131 cm³/mol. The highest BCUT2D eigenvalue weighted by molar-refractivity contribution is 5.78. The summed E-state index contributed by atoms with van der Waals surface area (Å²) in [5.41, 5.74) is 3.34. The number of fused-ring (bicyclic) bond motifs is 1. The van der Waals surface area contributed by atoms with Gasteiger partial charge in [0, 0.05) is 57.5 Å². The molecule has 0 bridgehead atoms. The Morgan fingerprint density at radius 2 is 2.00 bits per heavy atom. The molecule has 10 heteroatoms. The van der Waals surface area contributed by atoms with Crippen molar-refractivity contribution in [1.29, 1.82) is 0 Å². The Labute approximate surface area is 203 Å². The molecule has 10 nitrogen and oxygen atoms in total. The van der Waals surface area contributed by atoms with Crippen molar-refractivity contribution in [2.24, 2.45) is 5.92 Å². The standard InChI is InChI=1S/C25H30N6O4/c1-16(19-13-24(33)26-14-19)35-25-22-6-7-27-31(22)15-20(28-25)18-4-5-21(23(12-18)34-3)30-10-8-29(9-11-30)17(2)32/h4-7,12,15-16,19H,8-11,13-14H2,1-3H3,(H,26,33)/t16-,19?/m1/s1. The molecule has 2 aliphatic rings. The van der Waals surface area contributed by atoms with E-state index in [9.17, 15) is 9.59 Å². The fourth-order valence-corrected chi connectivity index (χ4v) is 4.72. The average Bonchev–Trinajstić information content (AvgIpc) is 3.53. The predicted octanol–water partition coefficient (Wildman–Crippen LogP) is 1.98. The fraction of sp³-hybridized carbons (Fsp3) is 0.440. The molecule has 0 radical (unpaired) electrons. The maximum atomic E-state index is 11.7. The summed E-state index contributed by atoms with van der Waals surface area (Å²) < 4.78 is 13.7. The molecular formula is C25H30N6O4. The summed E-state index contributed by atoms with van der Waals surface area (Å²) in [5.74, 6) is 1.48. The number of hydrogen-bond donors (Lipinski definition) is 1. The van der Waals surface area contributed by atoms with Gasteiger partial charge in [-0.3, -0.25) is 9.59 Å². The lowest BCUT2D eigenvalue weighted by Crippen LogP contribution is -2.48. The van der Waals surface area contributed by atoms with Crippen molar-refractivity contribution < 1.29 is 19.1 Å². The lowest BCUT2D eigenvalue weighted by atomic mass is 10.0. The minimum absolute atomic E-state index is 0.0524. The summed E-state index contributed by atoms with van der Waals surface area (Å²) in [6.45, 7) is 7.07. The van der Waals surface area contributed by atoms with Crippen LogP contribution in [0.1, 0.15) is 20.3 Å². The minimum Gasteiger partial charge on any atom is -0.495 e. The molecule has 2 amide bonds. The first kappa shape index (κ1) is 22.9. The number of nitrogens with one attached hydrogen (secondary N) is 1. The first-order chi connectivity index (χ1) is 16.9. The van der Waals surface area contributed by atoms with Crippen molar-refractivity contribution in [3.63, 3.8) is 0 Å². The molecule has 4 heterocycles. The first-order valence-electron chi connectivity index (χ1n) is 11.9. The Morgan fingerprint density at radius 1 is 1.20 bits per heavy atom. The van der Waals surface area contributed by atoms with Crippen LogP contribution in [-0.2, 0) is 9.59 Å². The number of carbonyl (C=O) groups excluding carboxylic acids is 2. The third-order valence-corrected chi connectivity index (χ3v) is 6.87. The van der Waals surface area contributed by atoms with Crippen LogP contribution in [0.5, 0.6) is 11.6 Å². The lowest BCUT2D eigenvalue weighted by Gasteiger charge is -2.36. The van der Waals surface area contributed by atoms with E-state index in [1.807, 2.05) is 42.3 Å². The van der Waals surface area contributed by atoms with Crippen molar-refractivity contribution in [1.82, 2.24) is 24.8 Å². The van der Waals surface area contributed by atoms with Crippen molar-refractivity contribution in [2.45, 2.75) is 26.4 Å². The summed E-state index contributed by atoms with van der Waals surface area (Å²) in [5, 5.41) is 7.26. The third-order valence-electron chi connectivity index (χ3n) is 6.87. The van der Waals surface area contributed by atoms with E-state index in [-0.39, 0.29) is 23.8 Å². The zero-order valence-electron chi connectivity index (χ0n) is 20.2. The molecule has 2 saturated heterocycles. The second kappa shape index (κ2) is 9.44. The van der Waals surface area contributed by atoms with Crippen LogP contribution in [0.2, 0.25) is 0 Å². The molecule has 0 aliphatic carbocycles. The van der Waals surface area contributed by atoms with Crippen LogP contribution in [0.25, 0.3) is 16.8 Å². The first-order valence-corrected chi connectivity index (χ1v) is 11.9. The van der Waals surface area contributed by atoms with Crippen molar-refractivity contribution in [3.05, 3.63) is 36.7 Å². The van der Waals surface area contributed by atoms with Crippen molar-refractivity contribution >= 4 is 23.0 Å². The number of rotatable bonds is 6. The van der Waals surface area contributed by atoms with E-state index < -0.39 is 0 Å². The van der Waals surface area contributed by atoms with Crippen LogP contribution in [0, 0.1) is 5.92 Å². The van der Waals surface area contributed by atoms with E-state index in [2.05, 4.69) is 15.3 Å². The van der Waals surface area contributed by atoms with E-state index in [0.717, 1.165) is 35.6 Å². The van der Waals surface area contributed by atoms with E-state index in [4.69, 9.17) is 14.5 Å². The van der Waals surface area contributed by atoms with Gasteiger partial charge in [0.25, 0.3) is 0 Å². The number of amides is 2. The Kier molecular flexibility index (Phi) is 6.19. The summed E-state index contributed by atoms with van der Waals surface area (Å²) in [7, 11) is 1.66. The van der Waals surface area contributed by atoms with Gasteiger partial charge in [-0.25, -0.2) is 9.50 Å². The molecule has 3 aromatic rings. The van der Waals surface area contributed by atoms with E-state index in [0.29, 0.717) is 37.6 Å². The van der Waals surface area contributed by atoms with Crippen LogP contribution in [0.3, 0.4) is 0 Å². The van der Waals surface area contributed by atoms with Crippen LogP contribution in [0.4, 0.5) is 5.69 Å². The highest BCUT2D eigenvalue weighted by Gasteiger charge is 2.29. The van der Waals surface area contributed by atoms with Gasteiger partial charge in [-0.1, -0.05) is 6.07 Å². The number of anilines is 1. The van der Waals surface area contributed by atoms with E-state index in [1.165, 1.54) is 0 Å². The average molecular weight is 479 g/mol. The number of methoxy groups -OCH3 is 1. The van der Waals surface area contributed by atoms with Gasteiger partial charge in [0.2, 0.25) is 17.7 Å². The van der Waals surface area contributed by atoms with Crippen LogP contribution in [0.15, 0.2) is 36.7 Å². The fourth-order valence-electron chi connectivity index (χ4n) is 4.72. The number of nitrogens with zero attached hydrogens (tertiary/aromatic N) is 5. The largest absolute Gasteiger partial charge is 0.495 e. The monoisotopic (exact) mass is 478 g/mol. The van der Waals surface area contributed by atoms with Crippen LogP contribution >= 0.6 is 0 Å². The van der Waals surface area contributed by atoms with Gasteiger partial charge in [0.05, 0.1) is 30.9 Å². The lowest BCUT2D eigenvalue weighted by molar-refractivity contribution is -0.129.